The highest BCUT2D eigenvalue weighted by atomic mass is 16.4. The third-order valence-corrected chi connectivity index (χ3v) is 3.63. The van der Waals surface area contributed by atoms with Crippen molar-refractivity contribution in [1.29, 1.82) is 0 Å². The smallest absolute Gasteiger partial charge is 0.356 e. The van der Waals surface area contributed by atoms with Crippen molar-refractivity contribution in [3.8, 4) is 0 Å². The fraction of sp³-hybridized carbons (Fsp3) is 0.385. The van der Waals surface area contributed by atoms with E-state index >= 15 is 0 Å². The zero-order chi connectivity index (χ0) is 12.7. The van der Waals surface area contributed by atoms with Crippen molar-refractivity contribution in [2.45, 2.75) is 25.2 Å². The Balaban J connectivity index is 2.23. The number of aromatic carboxylic acids is 1. The van der Waals surface area contributed by atoms with Gasteiger partial charge in [0.2, 0.25) is 0 Å². The van der Waals surface area contributed by atoms with Gasteiger partial charge in [-0.1, -0.05) is 6.42 Å². The third-order valence-electron chi connectivity index (χ3n) is 3.63. The van der Waals surface area contributed by atoms with E-state index in [0.29, 0.717) is 11.4 Å². The van der Waals surface area contributed by atoms with Gasteiger partial charge in [0.1, 0.15) is 5.82 Å². The molecule has 0 radical (unpaired) electrons. The summed E-state index contributed by atoms with van der Waals surface area (Å²) < 4.78 is 1.92. The molecule has 2 N–H and O–H groups in total. The van der Waals surface area contributed by atoms with E-state index in [0.717, 1.165) is 24.4 Å². The lowest BCUT2D eigenvalue weighted by atomic mass is 9.85. The van der Waals surface area contributed by atoms with Gasteiger partial charge in [-0.05, 0) is 25.0 Å². The number of carboxylic acids is 1. The average molecular weight is 245 g/mol. The van der Waals surface area contributed by atoms with Gasteiger partial charge in [0, 0.05) is 19.2 Å². The Morgan fingerprint density at radius 2 is 2.28 bits per heavy atom. The van der Waals surface area contributed by atoms with Crippen molar-refractivity contribution in [1.82, 2.24) is 9.38 Å². The molecule has 0 spiro atoms. The minimum Gasteiger partial charge on any atom is -0.476 e. The minimum absolute atomic E-state index is 0.152. The van der Waals surface area contributed by atoms with Gasteiger partial charge in [-0.2, -0.15) is 0 Å². The number of nitrogens with one attached hydrogen (secondary N) is 1. The van der Waals surface area contributed by atoms with Crippen molar-refractivity contribution in [2.24, 2.45) is 0 Å². The van der Waals surface area contributed by atoms with Crippen LogP contribution in [-0.2, 0) is 0 Å². The average Bonchev–Trinajstić information content (AvgIpc) is 2.66. The van der Waals surface area contributed by atoms with Gasteiger partial charge in [-0.15, -0.1) is 0 Å². The van der Waals surface area contributed by atoms with E-state index in [-0.39, 0.29) is 5.69 Å². The molecule has 1 aliphatic rings. The van der Waals surface area contributed by atoms with Crippen LogP contribution in [0.2, 0.25) is 0 Å². The summed E-state index contributed by atoms with van der Waals surface area (Å²) in [6.45, 7) is 0. The molecule has 0 unspecified atom stereocenters. The highest BCUT2D eigenvalue weighted by molar-refractivity contribution is 5.94. The van der Waals surface area contributed by atoms with Gasteiger partial charge < -0.3 is 14.8 Å². The molecule has 5 nitrogen and oxygen atoms in total. The highest BCUT2D eigenvalue weighted by Gasteiger charge is 2.27. The first-order chi connectivity index (χ1) is 8.70. The van der Waals surface area contributed by atoms with Crippen LogP contribution in [0.3, 0.4) is 0 Å². The second-order valence-electron chi connectivity index (χ2n) is 4.67. The number of imidazole rings is 1. The zero-order valence-corrected chi connectivity index (χ0v) is 10.2. The van der Waals surface area contributed by atoms with Gasteiger partial charge in [0.05, 0.1) is 11.2 Å². The molecule has 2 aromatic rings. The van der Waals surface area contributed by atoms with E-state index in [9.17, 15) is 9.90 Å². The number of nitrogens with zero attached hydrogens (tertiary/aromatic N) is 2. The first-order valence-electron chi connectivity index (χ1n) is 6.13. The van der Waals surface area contributed by atoms with Crippen LogP contribution in [0.25, 0.3) is 5.52 Å². The van der Waals surface area contributed by atoms with Crippen LogP contribution in [0.4, 0.5) is 5.69 Å². The standard InChI is InChI=1S/C13H15N3O2/c1-14-9-5-6-10-11(13(17)18)15-12(16(10)7-9)8-3-2-4-8/h5-8,14H,2-4H2,1H3,(H,17,18). The van der Waals surface area contributed by atoms with Crippen LogP contribution in [0.15, 0.2) is 18.3 Å². The molecule has 18 heavy (non-hydrogen) atoms. The van der Waals surface area contributed by atoms with Gasteiger partial charge in [0.25, 0.3) is 0 Å². The molecule has 94 valence electrons. The minimum atomic E-state index is -0.963. The normalized spacial score (nSPS) is 15.6. The van der Waals surface area contributed by atoms with Crippen molar-refractivity contribution < 1.29 is 9.90 Å². The van der Waals surface area contributed by atoms with Gasteiger partial charge >= 0.3 is 5.97 Å². The van der Waals surface area contributed by atoms with Crippen LogP contribution < -0.4 is 5.32 Å². The quantitative estimate of drug-likeness (QED) is 0.871. The summed E-state index contributed by atoms with van der Waals surface area (Å²) in [7, 11) is 1.85. The van der Waals surface area contributed by atoms with Crippen LogP contribution in [0, 0.1) is 0 Å². The van der Waals surface area contributed by atoms with Gasteiger partial charge in [-0.3, -0.25) is 0 Å². The van der Waals surface area contributed by atoms with Crippen LogP contribution in [0.1, 0.15) is 41.5 Å². The van der Waals surface area contributed by atoms with Crippen molar-refractivity contribution in [2.75, 3.05) is 12.4 Å². The molecule has 2 aromatic heterocycles. The molecular formula is C13H15N3O2. The molecule has 1 aliphatic carbocycles. The zero-order valence-electron chi connectivity index (χ0n) is 10.2. The Morgan fingerprint density at radius 1 is 1.50 bits per heavy atom. The van der Waals surface area contributed by atoms with Crippen LogP contribution in [-0.4, -0.2) is 27.5 Å². The first kappa shape index (κ1) is 11.1. The largest absolute Gasteiger partial charge is 0.476 e. The first-order valence-corrected chi connectivity index (χ1v) is 6.13. The van der Waals surface area contributed by atoms with E-state index in [1.807, 2.05) is 29.8 Å². The van der Waals surface area contributed by atoms with Crippen LogP contribution >= 0.6 is 0 Å². The summed E-state index contributed by atoms with van der Waals surface area (Å²) in [4.78, 5) is 15.5. The number of pyridine rings is 1. The molecule has 0 saturated heterocycles. The topological polar surface area (TPSA) is 66.6 Å². The van der Waals surface area contributed by atoms with E-state index in [4.69, 9.17) is 0 Å². The second-order valence-corrected chi connectivity index (χ2v) is 4.67. The lowest BCUT2D eigenvalue weighted by Crippen LogP contribution is -2.12. The lowest BCUT2D eigenvalue weighted by Gasteiger charge is -2.24. The fourth-order valence-corrected chi connectivity index (χ4v) is 2.37. The Bertz CT molecular complexity index is 614. The molecule has 3 rings (SSSR count). The van der Waals surface area contributed by atoms with E-state index in [1.54, 1.807) is 0 Å². The number of carbonyl (C=O) groups is 1. The van der Waals surface area contributed by atoms with E-state index in [1.165, 1.54) is 6.42 Å². The molecule has 1 fully saturated rings. The number of rotatable bonds is 3. The molecule has 0 aromatic carbocycles. The predicted molar refractivity (Wildman–Crippen MR) is 68.3 cm³/mol. The van der Waals surface area contributed by atoms with Crippen LogP contribution in [0.5, 0.6) is 0 Å². The number of hydrogen-bond acceptors (Lipinski definition) is 3. The molecular weight excluding hydrogens is 230 g/mol. The monoisotopic (exact) mass is 245 g/mol. The van der Waals surface area contributed by atoms with Crippen molar-refractivity contribution in [3.63, 3.8) is 0 Å². The number of hydrogen-bond donors (Lipinski definition) is 2. The summed E-state index contributed by atoms with van der Waals surface area (Å²) in [5, 5.41) is 12.3. The molecule has 0 aliphatic heterocycles. The van der Waals surface area contributed by atoms with Gasteiger partial charge in [-0.25, -0.2) is 9.78 Å². The Kier molecular flexibility index (Phi) is 2.47. The fourth-order valence-electron chi connectivity index (χ4n) is 2.37. The lowest BCUT2D eigenvalue weighted by molar-refractivity contribution is 0.0693. The molecule has 1 saturated carbocycles. The number of carboxylic acid groups (broad SMARTS) is 1. The summed E-state index contributed by atoms with van der Waals surface area (Å²) in [6, 6.07) is 3.68. The Labute approximate surface area is 104 Å². The summed E-state index contributed by atoms with van der Waals surface area (Å²) in [6.07, 6.45) is 5.32. The van der Waals surface area contributed by atoms with Gasteiger partial charge in [0.15, 0.2) is 5.69 Å². The SMILES string of the molecule is CNc1ccc2c(C(=O)O)nc(C3CCC3)n2c1. The molecule has 0 atom stereocenters. The van der Waals surface area contributed by atoms with Crippen molar-refractivity contribution >= 4 is 17.2 Å². The number of anilines is 1. The molecule has 2 heterocycles. The highest BCUT2D eigenvalue weighted by Crippen LogP contribution is 2.36. The maximum Gasteiger partial charge on any atom is 0.356 e. The molecule has 0 bridgehead atoms. The van der Waals surface area contributed by atoms with E-state index in [2.05, 4.69) is 10.3 Å². The Morgan fingerprint density at radius 3 is 2.83 bits per heavy atom. The third kappa shape index (κ3) is 1.54. The molecule has 5 heteroatoms. The number of fused-ring (bicyclic) bond motifs is 1. The number of aromatic nitrogens is 2. The molecule has 0 amide bonds. The predicted octanol–water partition coefficient (Wildman–Crippen LogP) is 2.34. The Hall–Kier alpha value is -2.04. The summed E-state index contributed by atoms with van der Waals surface area (Å²) in [5.74, 6) is 0.318. The maximum atomic E-state index is 11.2. The summed E-state index contributed by atoms with van der Waals surface area (Å²) in [5.41, 5.74) is 1.78. The maximum absolute atomic E-state index is 11.2. The van der Waals surface area contributed by atoms with Crippen molar-refractivity contribution in [3.05, 3.63) is 29.8 Å². The summed E-state index contributed by atoms with van der Waals surface area (Å²) >= 11 is 0. The second kappa shape index (κ2) is 4.01. The van der Waals surface area contributed by atoms with E-state index < -0.39 is 5.97 Å².